The van der Waals surface area contributed by atoms with E-state index in [1.165, 1.54) is 4.90 Å². The molecule has 0 aromatic heterocycles. The van der Waals surface area contributed by atoms with Gasteiger partial charge in [-0.1, -0.05) is 30.3 Å². The fraction of sp³-hybridized carbons (Fsp3) is 0.588. The van der Waals surface area contributed by atoms with Crippen molar-refractivity contribution in [3.05, 3.63) is 35.9 Å². The van der Waals surface area contributed by atoms with E-state index in [0.717, 1.165) is 5.56 Å². The molecule has 5 nitrogen and oxygen atoms in total. The molecule has 23 heavy (non-hydrogen) atoms. The third-order valence-electron chi connectivity index (χ3n) is 3.61. The van der Waals surface area contributed by atoms with Crippen molar-refractivity contribution in [3.8, 4) is 0 Å². The largest absolute Gasteiger partial charge is 0.444 e. The van der Waals surface area contributed by atoms with Crippen LogP contribution in [0.3, 0.4) is 0 Å². The van der Waals surface area contributed by atoms with Gasteiger partial charge in [0.25, 0.3) is 0 Å². The maximum atomic E-state index is 12.5. The minimum atomic E-state index is -0.824. The predicted molar refractivity (Wildman–Crippen MR) is 90.5 cm³/mol. The lowest BCUT2D eigenvalue weighted by molar-refractivity contribution is -0.0679. The van der Waals surface area contributed by atoms with E-state index in [1.807, 2.05) is 51.1 Å². The summed E-state index contributed by atoms with van der Waals surface area (Å²) in [6, 6.07) is 8.80. The van der Waals surface area contributed by atoms with Gasteiger partial charge in [0.15, 0.2) is 0 Å². The highest BCUT2D eigenvalue weighted by Crippen LogP contribution is 2.35. The number of hydrogen-bond acceptors (Lipinski definition) is 4. The van der Waals surface area contributed by atoms with Gasteiger partial charge >= 0.3 is 6.09 Å². The first-order chi connectivity index (χ1) is 10.1. The van der Waals surface area contributed by atoms with Crippen molar-refractivity contribution in [2.75, 3.05) is 6.61 Å². The first-order valence-electron chi connectivity index (χ1n) is 7.51. The second kappa shape index (κ2) is 7.07. The van der Waals surface area contributed by atoms with Crippen LogP contribution in [0.2, 0.25) is 0 Å². The topological polar surface area (TPSA) is 59.0 Å². The van der Waals surface area contributed by atoms with Crippen molar-refractivity contribution in [1.82, 2.24) is 4.90 Å². The van der Waals surface area contributed by atoms with Gasteiger partial charge in [0, 0.05) is 0 Å². The quantitative estimate of drug-likeness (QED) is 0.892. The van der Waals surface area contributed by atoms with E-state index in [0.29, 0.717) is 0 Å². The average molecular weight is 344 g/mol. The SMILES string of the molecule is CC(C)(C)OC(=O)N1[C@@H]([C@@H](O)c2ccccc2)COC1(C)C.Cl. The number of aliphatic hydroxyl groups is 1. The molecule has 1 aromatic carbocycles. The Labute approximate surface area is 144 Å². The van der Waals surface area contributed by atoms with Crippen LogP contribution in [0.25, 0.3) is 0 Å². The molecular formula is C17H26ClNO4. The molecular weight excluding hydrogens is 318 g/mol. The number of benzene rings is 1. The lowest BCUT2D eigenvalue weighted by atomic mass is 10.0. The Hall–Kier alpha value is -1.30. The van der Waals surface area contributed by atoms with E-state index < -0.39 is 29.6 Å². The van der Waals surface area contributed by atoms with E-state index >= 15 is 0 Å². The van der Waals surface area contributed by atoms with Crippen molar-refractivity contribution in [2.24, 2.45) is 0 Å². The summed E-state index contributed by atoms with van der Waals surface area (Å²) in [6.45, 7) is 9.32. The monoisotopic (exact) mass is 343 g/mol. The molecule has 1 aliphatic rings. The van der Waals surface area contributed by atoms with Crippen LogP contribution < -0.4 is 0 Å². The molecule has 1 saturated heterocycles. The van der Waals surface area contributed by atoms with Crippen molar-refractivity contribution >= 4 is 18.5 Å². The number of rotatable bonds is 2. The zero-order valence-electron chi connectivity index (χ0n) is 14.3. The molecule has 1 heterocycles. The van der Waals surface area contributed by atoms with Gasteiger partial charge < -0.3 is 14.6 Å². The van der Waals surface area contributed by atoms with Crippen LogP contribution in [-0.4, -0.2) is 40.1 Å². The van der Waals surface area contributed by atoms with Gasteiger partial charge in [0.1, 0.15) is 17.4 Å². The maximum Gasteiger partial charge on any atom is 0.413 e. The smallest absolute Gasteiger partial charge is 0.413 e. The van der Waals surface area contributed by atoms with E-state index in [2.05, 4.69) is 0 Å². The Morgan fingerprint density at radius 1 is 1.35 bits per heavy atom. The lowest BCUT2D eigenvalue weighted by Crippen LogP contribution is -2.51. The normalized spacial score (nSPS) is 21.5. The molecule has 1 aromatic rings. The van der Waals surface area contributed by atoms with Crippen LogP contribution in [0.15, 0.2) is 30.3 Å². The van der Waals surface area contributed by atoms with Gasteiger partial charge in [-0.2, -0.15) is 0 Å². The first kappa shape index (κ1) is 19.7. The third kappa shape index (κ3) is 4.59. The summed E-state index contributed by atoms with van der Waals surface area (Å²) in [5.74, 6) is 0. The van der Waals surface area contributed by atoms with Crippen LogP contribution in [0, 0.1) is 0 Å². The Bertz CT molecular complexity index is 527. The summed E-state index contributed by atoms with van der Waals surface area (Å²) in [5.41, 5.74) is -0.664. The highest BCUT2D eigenvalue weighted by atomic mass is 35.5. The summed E-state index contributed by atoms with van der Waals surface area (Å²) < 4.78 is 11.2. The standard InChI is InChI=1S/C17H25NO4.ClH/c1-16(2,3)22-15(20)18-13(11-21-17(18,4)5)14(19)12-9-7-6-8-10-12;/h6-10,13-14,19H,11H2,1-5H3;1H/t13-,14+;/m1./s1. The second-order valence-electron chi connectivity index (χ2n) is 7.03. The molecule has 1 aliphatic heterocycles. The van der Waals surface area contributed by atoms with Crippen LogP contribution >= 0.6 is 12.4 Å². The Morgan fingerprint density at radius 2 is 1.91 bits per heavy atom. The van der Waals surface area contributed by atoms with Gasteiger partial charge in [-0.3, -0.25) is 4.90 Å². The van der Waals surface area contributed by atoms with Crippen LogP contribution in [0.4, 0.5) is 4.79 Å². The molecule has 1 fully saturated rings. The highest BCUT2D eigenvalue weighted by Gasteiger charge is 2.48. The number of ether oxygens (including phenoxy) is 2. The Balaban J connectivity index is 0.00000264. The number of nitrogens with zero attached hydrogens (tertiary/aromatic N) is 1. The highest BCUT2D eigenvalue weighted by molar-refractivity contribution is 5.85. The molecule has 2 atom stereocenters. The summed E-state index contributed by atoms with van der Waals surface area (Å²) in [7, 11) is 0. The van der Waals surface area contributed by atoms with E-state index in [9.17, 15) is 9.90 Å². The predicted octanol–water partition coefficient (Wildman–Crippen LogP) is 3.51. The maximum absolute atomic E-state index is 12.5. The van der Waals surface area contributed by atoms with Crippen molar-refractivity contribution in [3.63, 3.8) is 0 Å². The average Bonchev–Trinajstić information content (AvgIpc) is 2.72. The van der Waals surface area contributed by atoms with Gasteiger partial charge in [0.2, 0.25) is 0 Å². The number of carbonyl (C=O) groups is 1. The molecule has 0 saturated carbocycles. The van der Waals surface area contributed by atoms with E-state index in [1.54, 1.807) is 13.8 Å². The second-order valence-corrected chi connectivity index (χ2v) is 7.03. The zero-order valence-corrected chi connectivity index (χ0v) is 15.1. The molecule has 0 aliphatic carbocycles. The summed E-state index contributed by atoms with van der Waals surface area (Å²) in [6.07, 6.45) is -1.30. The van der Waals surface area contributed by atoms with Gasteiger partial charge in [-0.15, -0.1) is 12.4 Å². The van der Waals surface area contributed by atoms with E-state index in [4.69, 9.17) is 9.47 Å². The van der Waals surface area contributed by atoms with Crippen LogP contribution in [0.1, 0.15) is 46.3 Å². The fourth-order valence-corrected chi connectivity index (χ4v) is 2.60. The number of amides is 1. The number of hydrogen-bond donors (Lipinski definition) is 1. The molecule has 6 heteroatoms. The zero-order chi connectivity index (χ0) is 16.5. The molecule has 0 unspecified atom stereocenters. The summed E-state index contributed by atoms with van der Waals surface area (Å²) in [4.78, 5) is 14.0. The summed E-state index contributed by atoms with van der Waals surface area (Å²) in [5, 5.41) is 10.6. The van der Waals surface area contributed by atoms with Crippen molar-refractivity contribution < 1.29 is 19.4 Å². The van der Waals surface area contributed by atoms with Gasteiger partial charge in [-0.05, 0) is 40.2 Å². The molecule has 1 amide bonds. The van der Waals surface area contributed by atoms with Crippen LogP contribution in [0.5, 0.6) is 0 Å². The molecule has 0 bridgehead atoms. The van der Waals surface area contributed by atoms with Gasteiger partial charge in [-0.25, -0.2) is 4.79 Å². The van der Waals surface area contributed by atoms with Crippen molar-refractivity contribution in [1.29, 1.82) is 0 Å². The van der Waals surface area contributed by atoms with Crippen LogP contribution in [-0.2, 0) is 9.47 Å². The lowest BCUT2D eigenvalue weighted by Gasteiger charge is -2.36. The number of carbonyl (C=O) groups excluding carboxylic acids is 1. The minimum Gasteiger partial charge on any atom is -0.444 e. The molecule has 130 valence electrons. The first-order valence-corrected chi connectivity index (χ1v) is 7.51. The molecule has 0 spiro atoms. The fourth-order valence-electron chi connectivity index (χ4n) is 2.60. The Morgan fingerprint density at radius 3 is 2.43 bits per heavy atom. The number of aliphatic hydroxyl groups excluding tert-OH is 1. The third-order valence-corrected chi connectivity index (χ3v) is 3.61. The minimum absolute atomic E-state index is 0. The van der Waals surface area contributed by atoms with E-state index in [-0.39, 0.29) is 19.0 Å². The summed E-state index contributed by atoms with van der Waals surface area (Å²) >= 11 is 0. The van der Waals surface area contributed by atoms with Crippen molar-refractivity contribution in [2.45, 2.75) is 58.1 Å². The number of halogens is 1. The van der Waals surface area contributed by atoms with Gasteiger partial charge in [0.05, 0.1) is 12.6 Å². The molecule has 2 rings (SSSR count). The Kier molecular flexibility index (Phi) is 6.07. The molecule has 0 radical (unpaired) electrons. The molecule has 1 N–H and O–H groups in total.